The van der Waals surface area contributed by atoms with Gasteiger partial charge in [0.25, 0.3) is 5.91 Å². The SMILES string of the molecule is CC(CNC(=O)c1cc(-c2ccco2)on1)Cc1ccccc1. The van der Waals surface area contributed by atoms with E-state index in [1.54, 1.807) is 24.5 Å². The molecule has 2 heterocycles. The molecule has 0 aliphatic heterocycles. The van der Waals surface area contributed by atoms with Gasteiger partial charge < -0.3 is 14.3 Å². The van der Waals surface area contributed by atoms with Gasteiger partial charge in [0.2, 0.25) is 5.76 Å². The monoisotopic (exact) mass is 310 g/mol. The van der Waals surface area contributed by atoms with E-state index in [0.29, 0.717) is 24.0 Å². The van der Waals surface area contributed by atoms with Gasteiger partial charge in [-0.2, -0.15) is 0 Å². The molecule has 118 valence electrons. The second kappa shape index (κ2) is 6.96. The van der Waals surface area contributed by atoms with Crippen LogP contribution in [0.3, 0.4) is 0 Å². The average Bonchev–Trinajstić information content (AvgIpc) is 3.24. The fourth-order valence-electron chi connectivity index (χ4n) is 2.36. The Labute approximate surface area is 134 Å². The van der Waals surface area contributed by atoms with Crippen molar-refractivity contribution in [3.8, 4) is 11.5 Å². The Hall–Kier alpha value is -2.82. The molecule has 0 spiro atoms. The summed E-state index contributed by atoms with van der Waals surface area (Å²) in [5.41, 5.74) is 1.51. The first kappa shape index (κ1) is 15.1. The van der Waals surface area contributed by atoms with Crippen LogP contribution in [0.15, 0.2) is 63.7 Å². The molecular formula is C18H18N2O3. The molecule has 5 nitrogen and oxygen atoms in total. The van der Waals surface area contributed by atoms with Gasteiger partial charge in [0, 0.05) is 12.6 Å². The topological polar surface area (TPSA) is 68.3 Å². The summed E-state index contributed by atoms with van der Waals surface area (Å²) >= 11 is 0. The van der Waals surface area contributed by atoms with Crippen LogP contribution in [-0.4, -0.2) is 17.6 Å². The van der Waals surface area contributed by atoms with Crippen molar-refractivity contribution in [1.29, 1.82) is 0 Å². The number of hydrogen-bond donors (Lipinski definition) is 1. The van der Waals surface area contributed by atoms with Crippen molar-refractivity contribution >= 4 is 5.91 Å². The lowest BCUT2D eigenvalue weighted by atomic mass is 10.0. The zero-order valence-corrected chi connectivity index (χ0v) is 12.9. The van der Waals surface area contributed by atoms with Crippen LogP contribution in [0.25, 0.3) is 11.5 Å². The minimum absolute atomic E-state index is 0.244. The van der Waals surface area contributed by atoms with Crippen molar-refractivity contribution in [3.05, 3.63) is 66.1 Å². The Morgan fingerprint density at radius 2 is 2.00 bits per heavy atom. The maximum Gasteiger partial charge on any atom is 0.273 e. The predicted molar refractivity (Wildman–Crippen MR) is 85.8 cm³/mol. The Kier molecular flexibility index (Phi) is 4.57. The number of nitrogens with zero attached hydrogens (tertiary/aromatic N) is 1. The zero-order chi connectivity index (χ0) is 16.1. The molecule has 2 aromatic heterocycles. The number of rotatable bonds is 6. The van der Waals surface area contributed by atoms with E-state index in [9.17, 15) is 4.79 Å². The third-order valence-electron chi connectivity index (χ3n) is 3.54. The molecule has 0 saturated heterocycles. The quantitative estimate of drug-likeness (QED) is 0.756. The maximum atomic E-state index is 12.1. The number of carbonyl (C=O) groups excluding carboxylic acids is 1. The number of amides is 1. The van der Waals surface area contributed by atoms with Crippen molar-refractivity contribution in [2.45, 2.75) is 13.3 Å². The van der Waals surface area contributed by atoms with E-state index in [1.807, 2.05) is 18.2 Å². The van der Waals surface area contributed by atoms with Gasteiger partial charge in [-0.05, 0) is 30.0 Å². The Bertz CT molecular complexity index is 748. The van der Waals surface area contributed by atoms with Crippen LogP contribution in [0.2, 0.25) is 0 Å². The maximum absolute atomic E-state index is 12.1. The van der Waals surface area contributed by atoms with Gasteiger partial charge >= 0.3 is 0 Å². The zero-order valence-electron chi connectivity index (χ0n) is 12.9. The van der Waals surface area contributed by atoms with E-state index >= 15 is 0 Å². The molecule has 3 aromatic rings. The molecule has 23 heavy (non-hydrogen) atoms. The van der Waals surface area contributed by atoms with Gasteiger partial charge in [0.05, 0.1) is 6.26 Å². The second-order valence-corrected chi connectivity index (χ2v) is 5.56. The standard InChI is InChI=1S/C18H18N2O3/c1-13(10-14-6-3-2-4-7-14)12-19-18(21)15-11-17(23-20-15)16-8-5-9-22-16/h2-9,11,13H,10,12H2,1H3,(H,19,21). The fourth-order valence-corrected chi connectivity index (χ4v) is 2.36. The number of hydrogen-bond acceptors (Lipinski definition) is 4. The van der Waals surface area contributed by atoms with E-state index in [0.717, 1.165) is 6.42 Å². The fraction of sp³-hybridized carbons (Fsp3) is 0.222. The Morgan fingerprint density at radius 1 is 1.17 bits per heavy atom. The van der Waals surface area contributed by atoms with Crippen LogP contribution < -0.4 is 5.32 Å². The molecule has 1 unspecified atom stereocenters. The third kappa shape index (κ3) is 3.88. The normalized spacial score (nSPS) is 12.0. The van der Waals surface area contributed by atoms with E-state index < -0.39 is 0 Å². The van der Waals surface area contributed by atoms with E-state index in [2.05, 4.69) is 29.5 Å². The van der Waals surface area contributed by atoms with Gasteiger partial charge in [-0.1, -0.05) is 42.4 Å². The second-order valence-electron chi connectivity index (χ2n) is 5.56. The molecule has 0 aliphatic carbocycles. The van der Waals surface area contributed by atoms with Gasteiger partial charge in [-0.15, -0.1) is 0 Å². The summed E-state index contributed by atoms with van der Waals surface area (Å²) in [6.45, 7) is 2.68. The molecule has 1 aromatic carbocycles. The van der Waals surface area contributed by atoms with Crippen molar-refractivity contribution in [2.24, 2.45) is 5.92 Å². The lowest BCUT2D eigenvalue weighted by Crippen LogP contribution is -2.29. The molecule has 1 amide bonds. The van der Waals surface area contributed by atoms with Gasteiger partial charge in [-0.3, -0.25) is 4.79 Å². The highest BCUT2D eigenvalue weighted by molar-refractivity contribution is 5.92. The molecular weight excluding hydrogens is 292 g/mol. The molecule has 1 atom stereocenters. The lowest BCUT2D eigenvalue weighted by Gasteiger charge is -2.11. The number of benzene rings is 1. The smallest absolute Gasteiger partial charge is 0.273 e. The molecule has 0 bridgehead atoms. The van der Waals surface area contributed by atoms with Gasteiger partial charge in [-0.25, -0.2) is 0 Å². The first-order valence-electron chi connectivity index (χ1n) is 7.55. The highest BCUT2D eigenvalue weighted by Gasteiger charge is 2.15. The summed E-state index contributed by atoms with van der Waals surface area (Å²) in [7, 11) is 0. The van der Waals surface area contributed by atoms with Crippen molar-refractivity contribution < 1.29 is 13.7 Å². The Balaban J connectivity index is 1.53. The molecule has 0 saturated carbocycles. The van der Waals surface area contributed by atoms with Crippen LogP contribution in [0.5, 0.6) is 0 Å². The van der Waals surface area contributed by atoms with Crippen LogP contribution in [0.1, 0.15) is 23.0 Å². The highest BCUT2D eigenvalue weighted by Crippen LogP contribution is 2.20. The molecule has 3 rings (SSSR count). The largest absolute Gasteiger partial charge is 0.461 e. The first-order chi connectivity index (χ1) is 11.2. The summed E-state index contributed by atoms with van der Waals surface area (Å²) < 4.78 is 10.3. The predicted octanol–water partition coefficient (Wildman–Crippen LogP) is 3.54. The lowest BCUT2D eigenvalue weighted by molar-refractivity contribution is 0.0939. The average molecular weight is 310 g/mol. The van der Waals surface area contributed by atoms with Crippen molar-refractivity contribution in [1.82, 2.24) is 10.5 Å². The number of carbonyl (C=O) groups is 1. The molecule has 1 N–H and O–H groups in total. The molecule has 0 radical (unpaired) electrons. The van der Waals surface area contributed by atoms with Crippen molar-refractivity contribution in [3.63, 3.8) is 0 Å². The minimum atomic E-state index is -0.244. The van der Waals surface area contributed by atoms with Gasteiger partial charge in [0.15, 0.2) is 11.5 Å². The first-order valence-corrected chi connectivity index (χ1v) is 7.55. The number of aromatic nitrogens is 1. The summed E-state index contributed by atoms with van der Waals surface area (Å²) in [4.78, 5) is 12.1. The summed E-state index contributed by atoms with van der Waals surface area (Å²) in [5.74, 6) is 1.08. The molecule has 0 fully saturated rings. The molecule has 5 heteroatoms. The third-order valence-corrected chi connectivity index (χ3v) is 3.54. The van der Waals surface area contributed by atoms with Crippen LogP contribution >= 0.6 is 0 Å². The van der Waals surface area contributed by atoms with E-state index in [1.165, 1.54) is 5.56 Å². The minimum Gasteiger partial charge on any atom is -0.461 e. The van der Waals surface area contributed by atoms with Crippen LogP contribution in [0.4, 0.5) is 0 Å². The van der Waals surface area contributed by atoms with Crippen LogP contribution in [0, 0.1) is 5.92 Å². The summed E-state index contributed by atoms with van der Waals surface area (Å²) in [6.07, 6.45) is 2.46. The number of furan rings is 1. The van der Waals surface area contributed by atoms with Crippen LogP contribution in [-0.2, 0) is 6.42 Å². The van der Waals surface area contributed by atoms with E-state index in [4.69, 9.17) is 8.94 Å². The molecule has 0 aliphatic rings. The summed E-state index contributed by atoms with van der Waals surface area (Å²) in [5, 5.41) is 6.67. The number of nitrogens with one attached hydrogen (secondary N) is 1. The highest BCUT2D eigenvalue weighted by atomic mass is 16.5. The summed E-state index contributed by atoms with van der Waals surface area (Å²) in [6, 6.07) is 15.3. The van der Waals surface area contributed by atoms with Crippen molar-refractivity contribution in [2.75, 3.05) is 6.54 Å². The Morgan fingerprint density at radius 3 is 2.74 bits per heavy atom. The van der Waals surface area contributed by atoms with Gasteiger partial charge in [0.1, 0.15) is 0 Å². The van der Waals surface area contributed by atoms with E-state index in [-0.39, 0.29) is 11.6 Å².